The van der Waals surface area contributed by atoms with Crippen LogP contribution in [-0.2, 0) is 14.3 Å². The number of hydrogen-bond acceptors (Lipinski definition) is 3. The Kier molecular flexibility index (Phi) is 4.58. The first kappa shape index (κ1) is 13.3. The fraction of sp³-hybridized carbons (Fsp3) is 0.846. The van der Waals surface area contributed by atoms with Gasteiger partial charge in [0.1, 0.15) is 0 Å². The van der Waals surface area contributed by atoms with Crippen LogP contribution in [-0.4, -0.2) is 47.7 Å². The highest BCUT2D eigenvalue weighted by Crippen LogP contribution is 2.27. The molecule has 0 radical (unpaired) electrons. The van der Waals surface area contributed by atoms with Gasteiger partial charge in [0.25, 0.3) is 0 Å². The fourth-order valence-electron chi connectivity index (χ4n) is 2.79. The van der Waals surface area contributed by atoms with Gasteiger partial charge in [-0.2, -0.15) is 0 Å². The zero-order chi connectivity index (χ0) is 13.0. The Hall–Kier alpha value is -1.10. The van der Waals surface area contributed by atoms with E-state index < -0.39 is 12.1 Å². The third kappa shape index (κ3) is 3.45. The van der Waals surface area contributed by atoms with Crippen LogP contribution in [0.3, 0.4) is 0 Å². The highest BCUT2D eigenvalue weighted by Gasteiger charge is 2.30. The summed E-state index contributed by atoms with van der Waals surface area (Å²) in [5.74, 6) is -0.390. The van der Waals surface area contributed by atoms with Crippen LogP contribution in [0.15, 0.2) is 0 Å². The third-order valence-corrected chi connectivity index (χ3v) is 3.88. The summed E-state index contributed by atoms with van der Waals surface area (Å²) in [7, 11) is 0. The summed E-state index contributed by atoms with van der Waals surface area (Å²) >= 11 is 0. The molecule has 1 saturated carbocycles. The van der Waals surface area contributed by atoms with Crippen LogP contribution in [0.1, 0.15) is 38.5 Å². The number of carboxylic acids is 1. The minimum Gasteiger partial charge on any atom is -0.479 e. The van der Waals surface area contributed by atoms with Gasteiger partial charge < -0.3 is 14.7 Å². The predicted octanol–water partition coefficient (Wildman–Crippen LogP) is 1.27. The molecule has 0 aromatic heterocycles. The van der Waals surface area contributed by atoms with E-state index in [1.54, 1.807) is 4.90 Å². The average Bonchev–Trinajstić information content (AvgIpc) is 2.40. The molecule has 5 heteroatoms. The molecule has 1 unspecified atom stereocenters. The van der Waals surface area contributed by atoms with Gasteiger partial charge in [0, 0.05) is 13.0 Å². The van der Waals surface area contributed by atoms with Crippen molar-refractivity contribution in [3.05, 3.63) is 0 Å². The van der Waals surface area contributed by atoms with Gasteiger partial charge in [0.2, 0.25) is 5.91 Å². The maximum absolute atomic E-state index is 12.1. The molecule has 1 aliphatic carbocycles. The lowest BCUT2D eigenvalue weighted by molar-refractivity contribution is -0.159. The molecule has 1 heterocycles. The van der Waals surface area contributed by atoms with Crippen molar-refractivity contribution in [1.82, 2.24) is 4.90 Å². The Morgan fingerprint density at radius 1 is 1.22 bits per heavy atom. The predicted molar refractivity (Wildman–Crippen MR) is 65.1 cm³/mol. The summed E-state index contributed by atoms with van der Waals surface area (Å²) in [5, 5.41) is 8.90. The number of nitrogens with zero attached hydrogens (tertiary/aromatic N) is 1. The molecule has 18 heavy (non-hydrogen) atoms. The molecule has 1 atom stereocenters. The van der Waals surface area contributed by atoms with E-state index in [2.05, 4.69) is 0 Å². The lowest BCUT2D eigenvalue weighted by Gasteiger charge is -2.32. The minimum atomic E-state index is -0.981. The van der Waals surface area contributed by atoms with Crippen molar-refractivity contribution in [3.63, 3.8) is 0 Å². The van der Waals surface area contributed by atoms with Crippen LogP contribution in [0.25, 0.3) is 0 Å². The number of amides is 1. The molecule has 1 aliphatic heterocycles. The fourth-order valence-corrected chi connectivity index (χ4v) is 2.79. The molecule has 102 valence electrons. The summed E-state index contributed by atoms with van der Waals surface area (Å²) < 4.78 is 5.12. The first-order valence-corrected chi connectivity index (χ1v) is 6.79. The molecule has 5 nitrogen and oxygen atoms in total. The van der Waals surface area contributed by atoms with Gasteiger partial charge in [-0.3, -0.25) is 4.79 Å². The van der Waals surface area contributed by atoms with Crippen LogP contribution >= 0.6 is 0 Å². The highest BCUT2D eigenvalue weighted by molar-refractivity contribution is 5.78. The van der Waals surface area contributed by atoms with Crippen molar-refractivity contribution in [2.24, 2.45) is 5.92 Å². The molecular formula is C13H21NO4. The van der Waals surface area contributed by atoms with Gasteiger partial charge >= 0.3 is 5.97 Å². The molecule has 1 saturated heterocycles. The highest BCUT2D eigenvalue weighted by atomic mass is 16.5. The molecule has 1 amide bonds. The number of carbonyl (C=O) groups is 2. The third-order valence-electron chi connectivity index (χ3n) is 3.88. The zero-order valence-corrected chi connectivity index (χ0v) is 10.6. The Morgan fingerprint density at radius 2 is 1.94 bits per heavy atom. The Balaban J connectivity index is 1.82. The van der Waals surface area contributed by atoms with Crippen LogP contribution in [0.4, 0.5) is 0 Å². The molecule has 2 fully saturated rings. The smallest absolute Gasteiger partial charge is 0.334 e. The van der Waals surface area contributed by atoms with Gasteiger partial charge in [-0.25, -0.2) is 4.79 Å². The summed E-state index contributed by atoms with van der Waals surface area (Å²) in [6, 6.07) is 0. The van der Waals surface area contributed by atoms with E-state index in [0.717, 1.165) is 12.8 Å². The molecule has 0 spiro atoms. The SMILES string of the molecule is O=C(O)C1CN(C(=O)CC2CCCCC2)CCO1. The van der Waals surface area contributed by atoms with Crippen LogP contribution in [0.5, 0.6) is 0 Å². The van der Waals surface area contributed by atoms with E-state index in [1.165, 1.54) is 19.3 Å². The van der Waals surface area contributed by atoms with Gasteiger partial charge in [-0.15, -0.1) is 0 Å². The van der Waals surface area contributed by atoms with E-state index in [1.807, 2.05) is 0 Å². The second-order valence-corrected chi connectivity index (χ2v) is 5.25. The van der Waals surface area contributed by atoms with Crippen molar-refractivity contribution in [3.8, 4) is 0 Å². The molecule has 0 bridgehead atoms. The average molecular weight is 255 g/mol. The number of rotatable bonds is 3. The van der Waals surface area contributed by atoms with E-state index >= 15 is 0 Å². The van der Waals surface area contributed by atoms with E-state index in [4.69, 9.17) is 9.84 Å². The largest absolute Gasteiger partial charge is 0.479 e. The van der Waals surface area contributed by atoms with Gasteiger partial charge in [0.05, 0.1) is 13.2 Å². The molecular weight excluding hydrogens is 234 g/mol. The van der Waals surface area contributed by atoms with Crippen molar-refractivity contribution in [2.75, 3.05) is 19.7 Å². The van der Waals surface area contributed by atoms with Gasteiger partial charge in [0.15, 0.2) is 6.10 Å². The Bertz CT molecular complexity index is 312. The summed E-state index contributed by atoms with van der Waals surface area (Å²) in [5.41, 5.74) is 0. The van der Waals surface area contributed by atoms with Crippen LogP contribution in [0, 0.1) is 5.92 Å². The second-order valence-electron chi connectivity index (χ2n) is 5.25. The van der Waals surface area contributed by atoms with Crippen molar-refractivity contribution in [1.29, 1.82) is 0 Å². The number of hydrogen-bond donors (Lipinski definition) is 1. The number of carboxylic acid groups (broad SMARTS) is 1. The van der Waals surface area contributed by atoms with Crippen molar-refractivity contribution < 1.29 is 19.4 Å². The molecule has 2 aliphatic rings. The monoisotopic (exact) mass is 255 g/mol. The Labute approximate surface area is 107 Å². The maximum atomic E-state index is 12.1. The van der Waals surface area contributed by atoms with E-state index in [-0.39, 0.29) is 12.5 Å². The molecule has 2 rings (SSSR count). The van der Waals surface area contributed by atoms with Crippen molar-refractivity contribution in [2.45, 2.75) is 44.6 Å². The molecule has 0 aromatic rings. The lowest BCUT2D eigenvalue weighted by Crippen LogP contribution is -2.48. The molecule has 1 N–H and O–H groups in total. The van der Waals surface area contributed by atoms with Gasteiger partial charge in [-0.05, 0) is 18.8 Å². The summed E-state index contributed by atoms with van der Waals surface area (Å²) in [4.78, 5) is 24.6. The first-order chi connectivity index (χ1) is 8.66. The maximum Gasteiger partial charge on any atom is 0.334 e. The van der Waals surface area contributed by atoms with Crippen molar-refractivity contribution >= 4 is 11.9 Å². The van der Waals surface area contributed by atoms with Crippen LogP contribution in [0.2, 0.25) is 0 Å². The lowest BCUT2D eigenvalue weighted by atomic mass is 9.86. The number of ether oxygens (including phenoxy) is 1. The second kappa shape index (κ2) is 6.18. The van der Waals surface area contributed by atoms with E-state index in [9.17, 15) is 9.59 Å². The summed E-state index contributed by atoms with van der Waals surface area (Å²) in [6.45, 7) is 1.05. The number of aliphatic carboxylic acids is 1. The first-order valence-electron chi connectivity index (χ1n) is 6.79. The zero-order valence-electron chi connectivity index (χ0n) is 10.6. The number of morpholine rings is 1. The topological polar surface area (TPSA) is 66.8 Å². The van der Waals surface area contributed by atoms with Crippen LogP contribution < -0.4 is 0 Å². The minimum absolute atomic E-state index is 0.0939. The quantitative estimate of drug-likeness (QED) is 0.824. The van der Waals surface area contributed by atoms with E-state index in [0.29, 0.717) is 25.5 Å². The summed E-state index contributed by atoms with van der Waals surface area (Å²) in [6.07, 6.45) is 5.72. The normalized spacial score (nSPS) is 26.0. The van der Waals surface area contributed by atoms with Gasteiger partial charge in [-0.1, -0.05) is 19.3 Å². The standard InChI is InChI=1S/C13H21NO4/c15-12(8-10-4-2-1-3-5-10)14-6-7-18-11(9-14)13(16)17/h10-11H,1-9H2,(H,16,17). The number of carbonyl (C=O) groups excluding carboxylic acids is 1. The molecule has 0 aromatic carbocycles. The Morgan fingerprint density at radius 3 is 2.61 bits per heavy atom.